The predicted molar refractivity (Wildman–Crippen MR) is 93.1 cm³/mol. The van der Waals surface area contributed by atoms with Crippen molar-refractivity contribution in [3.05, 3.63) is 35.9 Å². The number of hydrogen-bond donors (Lipinski definition) is 2. The van der Waals surface area contributed by atoms with Crippen molar-refractivity contribution in [3.63, 3.8) is 0 Å². The van der Waals surface area contributed by atoms with Crippen molar-refractivity contribution in [2.24, 2.45) is 0 Å². The number of ketones is 1. The van der Waals surface area contributed by atoms with Crippen LogP contribution in [0.5, 0.6) is 0 Å². The van der Waals surface area contributed by atoms with Crippen LogP contribution in [0.2, 0.25) is 0 Å². The largest absolute Gasteiger partial charge is 0.461 e. The molecular formula is C15H17F7O6S2. The second kappa shape index (κ2) is 9.38. The highest BCUT2D eigenvalue weighted by molar-refractivity contribution is 8.33. The lowest BCUT2D eigenvalue weighted by atomic mass is 10.2. The fourth-order valence-electron chi connectivity index (χ4n) is 2.17. The third-order valence-corrected chi connectivity index (χ3v) is 9.08. The summed E-state index contributed by atoms with van der Waals surface area (Å²) in [5.74, 6) is -10.7. The van der Waals surface area contributed by atoms with Crippen LogP contribution < -0.4 is 0 Å². The Kier molecular flexibility index (Phi) is 8.32. The van der Waals surface area contributed by atoms with Gasteiger partial charge in [0, 0.05) is 17.1 Å². The first-order valence-corrected chi connectivity index (χ1v) is 11.4. The highest BCUT2D eigenvalue weighted by Crippen LogP contribution is 2.56. The number of benzene rings is 1. The van der Waals surface area contributed by atoms with E-state index in [-0.39, 0.29) is 5.56 Å². The number of aliphatic hydroxyl groups excluding tert-OH is 2. The molecule has 0 unspecified atom stereocenters. The molecule has 0 amide bonds. The molecular weight excluding hydrogens is 473 g/mol. The Bertz CT molecular complexity index is 822. The van der Waals surface area contributed by atoms with Crippen molar-refractivity contribution in [1.29, 1.82) is 0 Å². The molecule has 1 aromatic rings. The molecule has 0 atom stereocenters. The van der Waals surface area contributed by atoms with Gasteiger partial charge in [-0.1, -0.05) is 30.3 Å². The Morgan fingerprint density at radius 1 is 0.900 bits per heavy atom. The molecule has 0 fully saturated rings. The van der Waals surface area contributed by atoms with Gasteiger partial charge < -0.3 is 10.2 Å². The minimum Gasteiger partial charge on any atom is -0.395 e. The van der Waals surface area contributed by atoms with E-state index in [9.17, 15) is 43.9 Å². The van der Waals surface area contributed by atoms with Crippen molar-refractivity contribution in [3.8, 4) is 0 Å². The van der Waals surface area contributed by atoms with Crippen LogP contribution in [0, 0.1) is 0 Å². The van der Waals surface area contributed by atoms with Crippen LogP contribution in [0.1, 0.15) is 10.4 Å². The number of rotatable bonds is 11. The van der Waals surface area contributed by atoms with Crippen LogP contribution in [0.25, 0.3) is 0 Å². The molecule has 0 saturated carbocycles. The van der Waals surface area contributed by atoms with Crippen LogP contribution in [0.15, 0.2) is 30.3 Å². The Morgan fingerprint density at radius 3 is 1.77 bits per heavy atom. The van der Waals surface area contributed by atoms with Crippen LogP contribution in [-0.4, -0.2) is 72.2 Å². The van der Waals surface area contributed by atoms with E-state index in [1.54, 1.807) is 0 Å². The van der Waals surface area contributed by atoms with E-state index in [2.05, 4.69) is 3.63 Å². The molecule has 15 heteroatoms. The summed E-state index contributed by atoms with van der Waals surface area (Å²) in [4.78, 5) is 12.4. The topological polar surface area (TPSA) is 101 Å². The standard InChI is InChI=1S/C15H17F7O6S2/c16-13(17,14(18,19)20)15(21,22)30(26,27)28-29(8-6-23,9-7-24)10-12(25)11-4-2-1-3-5-11/h1-5,23-24H,6-10H2. The number of aliphatic hydroxyl groups is 2. The minimum absolute atomic E-state index is 0.0707. The van der Waals surface area contributed by atoms with Gasteiger partial charge in [0.05, 0.1) is 19.0 Å². The molecule has 6 nitrogen and oxygen atoms in total. The smallest absolute Gasteiger partial charge is 0.395 e. The Morgan fingerprint density at radius 2 is 1.37 bits per heavy atom. The molecule has 0 aromatic heterocycles. The quantitative estimate of drug-likeness (QED) is 0.366. The van der Waals surface area contributed by atoms with Gasteiger partial charge in [0.1, 0.15) is 0 Å². The average molecular weight is 490 g/mol. The molecule has 174 valence electrons. The number of Topliss-reactive ketones (excluding diaryl/α,β-unsaturated/α-hetero) is 1. The summed E-state index contributed by atoms with van der Waals surface area (Å²) in [6.45, 7) is -1.98. The van der Waals surface area contributed by atoms with Gasteiger partial charge in [-0.3, -0.25) is 4.79 Å². The monoisotopic (exact) mass is 490 g/mol. The van der Waals surface area contributed by atoms with Crippen molar-refractivity contribution >= 4 is 26.2 Å². The van der Waals surface area contributed by atoms with E-state index in [4.69, 9.17) is 10.2 Å². The molecule has 0 bridgehead atoms. The van der Waals surface area contributed by atoms with Gasteiger partial charge in [-0.05, 0) is 0 Å². The maximum Gasteiger partial charge on any atom is 0.461 e. The molecule has 1 rings (SSSR count). The molecule has 0 aliphatic carbocycles. The third-order valence-electron chi connectivity index (χ3n) is 3.69. The van der Waals surface area contributed by atoms with E-state index in [0.717, 1.165) is 0 Å². The van der Waals surface area contributed by atoms with Gasteiger partial charge in [-0.15, -0.1) is 10.3 Å². The van der Waals surface area contributed by atoms with Gasteiger partial charge in [-0.2, -0.15) is 39.2 Å². The van der Waals surface area contributed by atoms with E-state index >= 15 is 0 Å². The van der Waals surface area contributed by atoms with E-state index < -0.39 is 74.0 Å². The number of carbonyl (C=O) groups excluding carboxylic acids is 1. The SMILES string of the molecule is O=C(CS(CCO)(CCO)OS(=O)(=O)C(F)(F)C(F)(F)C(F)(F)F)c1ccccc1. The Balaban J connectivity index is 3.40. The van der Waals surface area contributed by atoms with Crippen LogP contribution in [0.4, 0.5) is 30.7 Å². The second-order valence-corrected chi connectivity index (χ2v) is 10.9. The normalized spacial score (nSPS) is 14.6. The van der Waals surface area contributed by atoms with Crippen LogP contribution in [0.3, 0.4) is 0 Å². The van der Waals surface area contributed by atoms with Crippen molar-refractivity contribution in [2.75, 3.05) is 30.5 Å². The molecule has 0 spiro atoms. The Hall–Kier alpha value is -1.42. The lowest BCUT2D eigenvalue weighted by Gasteiger charge is -2.38. The molecule has 0 saturated heterocycles. The maximum absolute atomic E-state index is 13.8. The molecule has 0 radical (unpaired) electrons. The number of hydrogen-bond acceptors (Lipinski definition) is 6. The highest BCUT2D eigenvalue weighted by Gasteiger charge is 2.79. The molecule has 2 N–H and O–H groups in total. The van der Waals surface area contributed by atoms with E-state index in [1.165, 1.54) is 30.3 Å². The summed E-state index contributed by atoms with van der Waals surface area (Å²) in [6, 6.07) is 6.76. The molecule has 0 aliphatic heterocycles. The molecule has 0 heterocycles. The lowest BCUT2D eigenvalue weighted by Crippen LogP contribution is -2.56. The summed E-state index contributed by atoms with van der Waals surface area (Å²) in [5, 5.41) is 11.5. The maximum atomic E-state index is 13.8. The van der Waals surface area contributed by atoms with Gasteiger partial charge in [-0.25, -0.2) is 3.63 Å². The zero-order valence-electron chi connectivity index (χ0n) is 14.9. The fraction of sp³-hybridized carbons (Fsp3) is 0.533. The van der Waals surface area contributed by atoms with Crippen molar-refractivity contribution < 1.29 is 57.8 Å². The zero-order valence-corrected chi connectivity index (χ0v) is 16.5. The predicted octanol–water partition coefficient (Wildman–Crippen LogP) is 2.71. The van der Waals surface area contributed by atoms with Gasteiger partial charge in [0.2, 0.25) is 0 Å². The zero-order chi connectivity index (χ0) is 23.4. The van der Waals surface area contributed by atoms with Gasteiger partial charge in [0.25, 0.3) is 0 Å². The minimum atomic E-state index is -7.01. The molecule has 30 heavy (non-hydrogen) atoms. The van der Waals surface area contributed by atoms with Crippen molar-refractivity contribution in [1.82, 2.24) is 0 Å². The molecule has 0 aliphatic rings. The summed E-state index contributed by atoms with van der Waals surface area (Å²) >= 11 is 0. The third kappa shape index (κ3) is 5.43. The first-order chi connectivity index (χ1) is 13.6. The Labute approximate surface area is 168 Å². The highest BCUT2D eigenvalue weighted by atomic mass is 32.3. The summed E-state index contributed by atoms with van der Waals surface area (Å²) < 4.78 is 119. The van der Waals surface area contributed by atoms with Gasteiger partial charge in [0.15, 0.2) is 5.78 Å². The average Bonchev–Trinajstić information content (AvgIpc) is 2.61. The van der Waals surface area contributed by atoms with Gasteiger partial charge >= 0.3 is 27.5 Å². The fourth-order valence-corrected chi connectivity index (χ4v) is 7.00. The summed E-state index contributed by atoms with van der Waals surface area (Å²) in [6.07, 6.45) is -6.93. The first-order valence-electron chi connectivity index (χ1n) is 7.91. The summed E-state index contributed by atoms with van der Waals surface area (Å²) in [7, 11) is -10.8. The van der Waals surface area contributed by atoms with Crippen LogP contribution >= 0.6 is 10.3 Å². The van der Waals surface area contributed by atoms with Crippen molar-refractivity contribution in [2.45, 2.75) is 17.4 Å². The number of halogens is 7. The lowest BCUT2D eigenvalue weighted by molar-refractivity contribution is -0.333. The second-order valence-electron chi connectivity index (χ2n) is 5.87. The first kappa shape index (κ1) is 26.6. The summed E-state index contributed by atoms with van der Waals surface area (Å²) in [5.41, 5.74) is -0.0707. The number of alkyl halides is 7. The molecule has 1 aromatic carbocycles. The van der Waals surface area contributed by atoms with E-state index in [1.807, 2.05) is 0 Å². The number of carbonyl (C=O) groups is 1. The van der Waals surface area contributed by atoms with E-state index in [0.29, 0.717) is 0 Å². The van der Waals surface area contributed by atoms with Crippen LogP contribution in [-0.2, 0) is 13.7 Å².